The number of carbonyl (C=O) groups excluding carboxylic acids is 1. The summed E-state index contributed by atoms with van der Waals surface area (Å²) in [6, 6.07) is 4.22. The van der Waals surface area contributed by atoms with Crippen molar-refractivity contribution in [2.75, 3.05) is 5.32 Å². The molecule has 0 atom stereocenters. The van der Waals surface area contributed by atoms with Gasteiger partial charge in [-0.3, -0.25) is 4.79 Å². The van der Waals surface area contributed by atoms with Crippen LogP contribution in [0, 0.1) is 0 Å². The average Bonchev–Trinajstić information content (AvgIpc) is 2.38. The fourth-order valence-electron chi connectivity index (χ4n) is 2.86. The van der Waals surface area contributed by atoms with Crippen molar-refractivity contribution in [1.29, 1.82) is 0 Å². The van der Waals surface area contributed by atoms with Crippen LogP contribution in [0.1, 0.15) is 44.2 Å². The van der Waals surface area contributed by atoms with E-state index in [4.69, 9.17) is 4.74 Å². The Kier molecular flexibility index (Phi) is 2.58. The van der Waals surface area contributed by atoms with Crippen LogP contribution in [0.5, 0.6) is 5.75 Å². The number of ether oxygens (including phenoxy) is 1. The highest BCUT2D eigenvalue weighted by Crippen LogP contribution is 2.37. The number of carbonyl (C=O) groups is 1. The molecule has 3 rings (SSSR count). The summed E-state index contributed by atoms with van der Waals surface area (Å²) in [5, 5.41) is 2.96. The lowest BCUT2D eigenvalue weighted by Crippen LogP contribution is -2.30. The first-order valence-corrected chi connectivity index (χ1v) is 6.68. The van der Waals surface area contributed by atoms with E-state index in [0.29, 0.717) is 6.42 Å². The highest BCUT2D eigenvalue weighted by Gasteiger charge is 2.30. The van der Waals surface area contributed by atoms with Crippen LogP contribution in [-0.4, -0.2) is 11.5 Å². The number of anilines is 1. The Balaban J connectivity index is 2.06. The fourth-order valence-corrected chi connectivity index (χ4v) is 2.86. The molecule has 1 amide bonds. The zero-order chi connectivity index (χ0) is 12.8. The number of aryl methyl sites for hydroxylation is 2. The van der Waals surface area contributed by atoms with Crippen molar-refractivity contribution in [3.05, 3.63) is 23.3 Å². The molecule has 1 aliphatic carbocycles. The first kappa shape index (κ1) is 11.6. The van der Waals surface area contributed by atoms with Crippen molar-refractivity contribution in [2.24, 2.45) is 0 Å². The summed E-state index contributed by atoms with van der Waals surface area (Å²) in [5.74, 6) is 0.862. The van der Waals surface area contributed by atoms with Crippen LogP contribution in [0.15, 0.2) is 12.1 Å². The number of amides is 1. The van der Waals surface area contributed by atoms with Crippen LogP contribution < -0.4 is 10.1 Å². The lowest BCUT2D eigenvalue weighted by Gasteiger charge is -2.24. The molecule has 0 aromatic heterocycles. The van der Waals surface area contributed by atoms with E-state index in [0.717, 1.165) is 24.3 Å². The minimum Gasteiger partial charge on any atom is -0.485 e. The molecule has 1 aliphatic heterocycles. The monoisotopic (exact) mass is 245 g/mol. The van der Waals surface area contributed by atoms with Crippen molar-refractivity contribution in [3.63, 3.8) is 0 Å². The maximum absolute atomic E-state index is 11.8. The van der Waals surface area contributed by atoms with Gasteiger partial charge in [0.05, 0.1) is 12.1 Å². The van der Waals surface area contributed by atoms with E-state index in [9.17, 15) is 4.79 Å². The lowest BCUT2D eigenvalue weighted by atomic mass is 9.91. The summed E-state index contributed by atoms with van der Waals surface area (Å²) in [4.78, 5) is 11.8. The van der Waals surface area contributed by atoms with Gasteiger partial charge in [-0.2, -0.15) is 0 Å². The molecule has 3 heteroatoms. The van der Waals surface area contributed by atoms with Gasteiger partial charge in [0.15, 0.2) is 0 Å². The van der Waals surface area contributed by atoms with E-state index in [-0.39, 0.29) is 5.91 Å². The fraction of sp³-hybridized carbons (Fsp3) is 0.533. The summed E-state index contributed by atoms with van der Waals surface area (Å²) in [7, 11) is 0. The highest BCUT2D eigenvalue weighted by molar-refractivity contribution is 5.94. The zero-order valence-electron chi connectivity index (χ0n) is 11.0. The maximum Gasteiger partial charge on any atom is 0.228 e. The molecule has 0 radical (unpaired) electrons. The number of rotatable bonds is 0. The molecule has 0 saturated carbocycles. The minimum atomic E-state index is -0.432. The van der Waals surface area contributed by atoms with Gasteiger partial charge in [-0.15, -0.1) is 0 Å². The Morgan fingerprint density at radius 2 is 1.83 bits per heavy atom. The van der Waals surface area contributed by atoms with Crippen LogP contribution in [-0.2, 0) is 17.6 Å². The molecule has 1 aromatic rings. The second-order valence-electron chi connectivity index (χ2n) is 5.91. The second kappa shape index (κ2) is 4.01. The Morgan fingerprint density at radius 3 is 2.56 bits per heavy atom. The summed E-state index contributed by atoms with van der Waals surface area (Å²) in [5.41, 5.74) is 3.15. The standard InChI is InChI=1S/C15H19NO2/c1-15(2)9-14(17)16-12-7-10-5-3-4-6-11(10)8-13(12)18-15/h7-8H,3-6,9H2,1-2H3,(H,16,17). The van der Waals surface area contributed by atoms with Gasteiger partial charge in [-0.25, -0.2) is 0 Å². The average molecular weight is 245 g/mol. The largest absolute Gasteiger partial charge is 0.485 e. The quantitative estimate of drug-likeness (QED) is 0.763. The Bertz CT molecular complexity index is 505. The van der Waals surface area contributed by atoms with E-state index < -0.39 is 5.60 Å². The Morgan fingerprint density at radius 1 is 1.17 bits per heavy atom. The molecule has 0 unspecified atom stereocenters. The molecule has 0 spiro atoms. The summed E-state index contributed by atoms with van der Waals surface area (Å²) >= 11 is 0. The molecular weight excluding hydrogens is 226 g/mol. The van der Waals surface area contributed by atoms with Crippen molar-refractivity contribution < 1.29 is 9.53 Å². The smallest absolute Gasteiger partial charge is 0.228 e. The number of hydrogen-bond donors (Lipinski definition) is 1. The predicted octanol–water partition coefficient (Wildman–Crippen LogP) is 3.07. The van der Waals surface area contributed by atoms with Crippen molar-refractivity contribution in [1.82, 2.24) is 0 Å². The van der Waals surface area contributed by atoms with E-state index in [1.165, 1.54) is 24.0 Å². The zero-order valence-corrected chi connectivity index (χ0v) is 11.0. The van der Waals surface area contributed by atoms with Crippen LogP contribution >= 0.6 is 0 Å². The van der Waals surface area contributed by atoms with Gasteiger partial charge in [0.1, 0.15) is 11.4 Å². The van der Waals surface area contributed by atoms with Gasteiger partial charge in [0.25, 0.3) is 0 Å². The molecule has 2 aliphatic rings. The first-order valence-electron chi connectivity index (χ1n) is 6.68. The van der Waals surface area contributed by atoms with Crippen LogP contribution in [0.4, 0.5) is 5.69 Å². The van der Waals surface area contributed by atoms with Gasteiger partial charge >= 0.3 is 0 Å². The number of nitrogens with one attached hydrogen (secondary N) is 1. The van der Waals surface area contributed by atoms with E-state index in [2.05, 4.69) is 17.4 Å². The maximum atomic E-state index is 11.8. The van der Waals surface area contributed by atoms with Gasteiger partial charge in [-0.05, 0) is 62.8 Å². The number of hydrogen-bond acceptors (Lipinski definition) is 2. The molecule has 3 nitrogen and oxygen atoms in total. The first-order chi connectivity index (χ1) is 8.53. The molecule has 0 fully saturated rings. The van der Waals surface area contributed by atoms with Crippen LogP contribution in [0.3, 0.4) is 0 Å². The third-order valence-electron chi connectivity index (χ3n) is 3.69. The molecular formula is C15H19NO2. The molecule has 1 aromatic carbocycles. The minimum absolute atomic E-state index is 0.0366. The molecule has 0 bridgehead atoms. The number of fused-ring (bicyclic) bond motifs is 2. The van der Waals surface area contributed by atoms with Crippen LogP contribution in [0.25, 0.3) is 0 Å². The summed E-state index contributed by atoms with van der Waals surface area (Å²) in [6.45, 7) is 3.92. The second-order valence-corrected chi connectivity index (χ2v) is 5.91. The van der Waals surface area contributed by atoms with Gasteiger partial charge < -0.3 is 10.1 Å². The third kappa shape index (κ3) is 2.09. The van der Waals surface area contributed by atoms with E-state index in [1.807, 2.05) is 13.8 Å². The third-order valence-corrected chi connectivity index (χ3v) is 3.69. The highest BCUT2D eigenvalue weighted by atomic mass is 16.5. The topological polar surface area (TPSA) is 38.3 Å². The molecule has 0 saturated heterocycles. The molecule has 18 heavy (non-hydrogen) atoms. The van der Waals surface area contributed by atoms with Crippen molar-refractivity contribution >= 4 is 11.6 Å². The normalized spacial score (nSPS) is 21.1. The predicted molar refractivity (Wildman–Crippen MR) is 71.0 cm³/mol. The summed E-state index contributed by atoms with van der Waals surface area (Å²) in [6.07, 6.45) is 5.13. The van der Waals surface area contributed by atoms with E-state index >= 15 is 0 Å². The van der Waals surface area contributed by atoms with Gasteiger partial charge in [0.2, 0.25) is 5.91 Å². The molecule has 1 N–H and O–H groups in total. The van der Waals surface area contributed by atoms with Crippen LogP contribution in [0.2, 0.25) is 0 Å². The van der Waals surface area contributed by atoms with Gasteiger partial charge in [-0.1, -0.05) is 0 Å². The Labute approximate surface area is 108 Å². The Hall–Kier alpha value is -1.51. The molecule has 96 valence electrons. The molecule has 1 heterocycles. The van der Waals surface area contributed by atoms with Crippen molar-refractivity contribution in [2.45, 2.75) is 51.6 Å². The van der Waals surface area contributed by atoms with E-state index in [1.54, 1.807) is 0 Å². The number of benzene rings is 1. The van der Waals surface area contributed by atoms with Crippen molar-refractivity contribution in [3.8, 4) is 5.75 Å². The van der Waals surface area contributed by atoms with Gasteiger partial charge in [0, 0.05) is 0 Å². The summed E-state index contributed by atoms with van der Waals surface area (Å²) < 4.78 is 6.00. The SMILES string of the molecule is CC1(C)CC(=O)Nc2cc3c(cc2O1)CCCC3. The lowest BCUT2D eigenvalue weighted by molar-refractivity contribution is -0.118.